The van der Waals surface area contributed by atoms with Gasteiger partial charge in [0.15, 0.2) is 0 Å². The van der Waals surface area contributed by atoms with Gasteiger partial charge in [-0.1, -0.05) is 13.3 Å². The summed E-state index contributed by atoms with van der Waals surface area (Å²) >= 11 is 0. The first-order valence-electron chi connectivity index (χ1n) is 6.14. The highest BCUT2D eigenvalue weighted by atomic mass is 16.4. The number of aryl methyl sites for hydroxylation is 1. The van der Waals surface area contributed by atoms with E-state index >= 15 is 0 Å². The average molecular weight is 268 g/mol. The predicted molar refractivity (Wildman–Crippen MR) is 69.5 cm³/mol. The van der Waals surface area contributed by atoms with Crippen LogP contribution in [-0.4, -0.2) is 32.4 Å². The van der Waals surface area contributed by atoms with E-state index in [9.17, 15) is 9.59 Å². The van der Waals surface area contributed by atoms with Crippen LogP contribution in [0.4, 0.5) is 4.79 Å². The fraction of sp³-hybridized carbons (Fsp3) is 0.583. The van der Waals surface area contributed by atoms with Gasteiger partial charge in [0.2, 0.25) is 0 Å². The number of nitrogens with one attached hydrogen (secondary N) is 2. The summed E-state index contributed by atoms with van der Waals surface area (Å²) < 4.78 is 1.63. The van der Waals surface area contributed by atoms with Gasteiger partial charge in [-0.3, -0.25) is 4.68 Å². The van der Waals surface area contributed by atoms with Gasteiger partial charge in [0, 0.05) is 25.4 Å². The number of rotatable bonds is 6. The van der Waals surface area contributed by atoms with Crippen molar-refractivity contribution in [2.75, 3.05) is 0 Å². The normalized spacial score (nSPS) is 13.6. The standard InChI is InChI=1S/C12H20N4O3/c1-4-5-12(2,10(17)18)15-11(19)13-6-9-7-14-16(3)8-9/h7-8H,4-6H2,1-3H3,(H,17,18)(H2,13,15,19). The van der Waals surface area contributed by atoms with Crippen molar-refractivity contribution < 1.29 is 14.7 Å². The molecule has 0 aliphatic heterocycles. The summed E-state index contributed by atoms with van der Waals surface area (Å²) in [6.45, 7) is 3.68. The van der Waals surface area contributed by atoms with Gasteiger partial charge in [-0.2, -0.15) is 5.10 Å². The molecule has 19 heavy (non-hydrogen) atoms. The molecule has 0 radical (unpaired) electrons. The smallest absolute Gasteiger partial charge is 0.329 e. The zero-order valence-electron chi connectivity index (χ0n) is 11.4. The highest BCUT2D eigenvalue weighted by Crippen LogP contribution is 2.12. The second-order valence-corrected chi connectivity index (χ2v) is 4.72. The third-order valence-electron chi connectivity index (χ3n) is 2.82. The van der Waals surface area contributed by atoms with Gasteiger partial charge in [0.25, 0.3) is 0 Å². The van der Waals surface area contributed by atoms with Gasteiger partial charge in [-0.05, 0) is 13.3 Å². The summed E-state index contributed by atoms with van der Waals surface area (Å²) in [4.78, 5) is 22.9. The van der Waals surface area contributed by atoms with Crippen LogP contribution in [0.2, 0.25) is 0 Å². The van der Waals surface area contributed by atoms with Crippen LogP contribution in [0, 0.1) is 0 Å². The molecule has 0 aliphatic rings. The molecular formula is C12H20N4O3. The van der Waals surface area contributed by atoms with E-state index in [1.54, 1.807) is 24.1 Å². The Morgan fingerprint density at radius 1 is 1.53 bits per heavy atom. The molecule has 106 valence electrons. The Morgan fingerprint density at radius 3 is 2.68 bits per heavy atom. The minimum atomic E-state index is -1.24. The van der Waals surface area contributed by atoms with E-state index in [0.29, 0.717) is 19.4 Å². The quantitative estimate of drug-likeness (QED) is 0.713. The predicted octanol–water partition coefficient (Wildman–Crippen LogP) is 0.863. The molecule has 1 heterocycles. The minimum absolute atomic E-state index is 0.307. The molecule has 7 heteroatoms. The molecule has 3 N–H and O–H groups in total. The lowest BCUT2D eigenvalue weighted by molar-refractivity contribution is -0.144. The van der Waals surface area contributed by atoms with E-state index in [1.165, 1.54) is 6.92 Å². The zero-order chi connectivity index (χ0) is 14.5. The van der Waals surface area contributed by atoms with E-state index in [1.807, 2.05) is 6.92 Å². The third-order valence-corrected chi connectivity index (χ3v) is 2.82. The zero-order valence-corrected chi connectivity index (χ0v) is 11.4. The third kappa shape index (κ3) is 4.27. The summed E-state index contributed by atoms with van der Waals surface area (Å²) in [5.74, 6) is -1.04. The largest absolute Gasteiger partial charge is 0.480 e. The molecule has 0 aliphatic carbocycles. The van der Waals surface area contributed by atoms with Gasteiger partial charge >= 0.3 is 12.0 Å². The molecule has 0 spiro atoms. The Hall–Kier alpha value is -2.05. The number of aliphatic carboxylic acids is 1. The highest BCUT2D eigenvalue weighted by molar-refractivity contribution is 5.85. The monoisotopic (exact) mass is 268 g/mol. The van der Waals surface area contributed by atoms with E-state index < -0.39 is 17.5 Å². The minimum Gasteiger partial charge on any atom is -0.480 e. The lowest BCUT2D eigenvalue weighted by Gasteiger charge is -2.25. The first-order valence-corrected chi connectivity index (χ1v) is 6.14. The van der Waals surface area contributed by atoms with Gasteiger partial charge in [-0.15, -0.1) is 0 Å². The number of aromatic nitrogens is 2. The molecule has 2 amide bonds. The lowest BCUT2D eigenvalue weighted by Crippen LogP contribution is -2.55. The summed E-state index contributed by atoms with van der Waals surface area (Å²) in [6.07, 6.45) is 4.47. The van der Waals surface area contributed by atoms with E-state index in [2.05, 4.69) is 15.7 Å². The van der Waals surface area contributed by atoms with E-state index in [4.69, 9.17) is 5.11 Å². The summed E-state index contributed by atoms with van der Waals surface area (Å²) in [6, 6.07) is -0.498. The highest BCUT2D eigenvalue weighted by Gasteiger charge is 2.33. The van der Waals surface area contributed by atoms with Crippen LogP contribution < -0.4 is 10.6 Å². The van der Waals surface area contributed by atoms with Crippen molar-refractivity contribution in [3.05, 3.63) is 18.0 Å². The Bertz CT molecular complexity index is 458. The van der Waals surface area contributed by atoms with Crippen molar-refractivity contribution >= 4 is 12.0 Å². The summed E-state index contributed by atoms with van der Waals surface area (Å²) in [5, 5.41) is 18.2. The Labute approximate surface area is 112 Å². The molecule has 1 rings (SSSR count). The maximum Gasteiger partial charge on any atom is 0.329 e. The fourth-order valence-corrected chi connectivity index (χ4v) is 1.76. The van der Waals surface area contributed by atoms with Crippen LogP contribution in [0.1, 0.15) is 32.3 Å². The average Bonchev–Trinajstić information content (AvgIpc) is 2.72. The topological polar surface area (TPSA) is 96.3 Å². The van der Waals surface area contributed by atoms with Crippen molar-refractivity contribution in [3.8, 4) is 0 Å². The van der Waals surface area contributed by atoms with Gasteiger partial charge < -0.3 is 15.7 Å². The molecule has 7 nitrogen and oxygen atoms in total. The second-order valence-electron chi connectivity index (χ2n) is 4.72. The van der Waals surface area contributed by atoms with Gasteiger partial charge in [0.05, 0.1) is 6.20 Å². The number of nitrogens with zero attached hydrogens (tertiary/aromatic N) is 2. The molecule has 0 bridgehead atoms. The molecule has 0 saturated carbocycles. The van der Waals surface area contributed by atoms with Crippen LogP contribution in [0.25, 0.3) is 0 Å². The van der Waals surface area contributed by atoms with Crippen LogP contribution in [0.3, 0.4) is 0 Å². The van der Waals surface area contributed by atoms with E-state index in [0.717, 1.165) is 5.56 Å². The molecule has 1 unspecified atom stereocenters. The molecule has 1 aromatic rings. The second kappa shape index (κ2) is 6.21. The summed E-state index contributed by atoms with van der Waals surface area (Å²) in [5.41, 5.74) is -0.390. The molecule has 0 saturated heterocycles. The SMILES string of the molecule is CCCC(C)(NC(=O)NCc1cnn(C)c1)C(=O)O. The van der Waals surface area contributed by atoms with E-state index in [-0.39, 0.29) is 0 Å². The number of hydrogen-bond donors (Lipinski definition) is 3. The maximum absolute atomic E-state index is 11.7. The number of carboxylic acid groups (broad SMARTS) is 1. The summed E-state index contributed by atoms with van der Waals surface area (Å²) in [7, 11) is 1.78. The number of carboxylic acids is 1. The van der Waals surface area contributed by atoms with Crippen molar-refractivity contribution in [1.29, 1.82) is 0 Å². The number of amides is 2. The Balaban J connectivity index is 2.51. The first kappa shape index (κ1) is 15.0. The maximum atomic E-state index is 11.7. The Kier molecular flexibility index (Phi) is 4.91. The number of urea groups is 1. The van der Waals surface area contributed by atoms with Gasteiger partial charge in [-0.25, -0.2) is 9.59 Å². The van der Waals surface area contributed by atoms with Crippen molar-refractivity contribution in [1.82, 2.24) is 20.4 Å². The first-order chi connectivity index (χ1) is 8.87. The van der Waals surface area contributed by atoms with Crippen molar-refractivity contribution in [3.63, 3.8) is 0 Å². The Morgan fingerprint density at radius 2 is 2.21 bits per heavy atom. The van der Waals surface area contributed by atoms with Gasteiger partial charge in [0.1, 0.15) is 5.54 Å². The molecule has 1 atom stereocenters. The molecule has 0 fully saturated rings. The van der Waals surface area contributed by atoms with Crippen LogP contribution in [-0.2, 0) is 18.4 Å². The van der Waals surface area contributed by atoms with Crippen molar-refractivity contribution in [2.24, 2.45) is 7.05 Å². The molecule has 1 aromatic heterocycles. The number of carbonyl (C=O) groups excluding carboxylic acids is 1. The van der Waals surface area contributed by atoms with Crippen LogP contribution >= 0.6 is 0 Å². The van der Waals surface area contributed by atoms with Crippen molar-refractivity contribution in [2.45, 2.75) is 38.8 Å². The number of hydrogen-bond acceptors (Lipinski definition) is 3. The molecular weight excluding hydrogens is 248 g/mol. The van der Waals surface area contributed by atoms with Crippen LogP contribution in [0.15, 0.2) is 12.4 Å². The van der Waals surface area contributed by atoms with Crippen LogP contribution in [0.5, 0.6) is 0 Å². The molecule has 0 aromatic carbocycles. The number of carbonyl (C=O) groups is 2. The lowest BCUT2D eigenvalue weighted by atomic mass is 9.97. The fourth-order valence-electron chi connectivity index (χ4n) is 1.76.